The SMILES string of the molecule is C=C(C)C(=O)OC1(CC)CCc2ccc(F)cc21. The number of carbonyl (C=O) groups is 1. The average Bonchev–Trinajstić information content (AvgIpc) is 2.68. The molecule has 96 valence electrons. The molecule has 2 nitrogen and oxygen atoms in total. The molecule has 2 rings (SSSR count). The van der Waals surface area contributed by atoms with Gasteiger partial charge >= 0.3 is 5.97 Å². The molecule has 1 aliphatic rings. The number of benzene rings is 1. The van der Waals surface area contributed by atoms with Crippen molar-refractivity contribution in [3.63, 3.8) is 0 Å². The fourth-order valence-corrected chi connectivity index (χ4v) is 2.47. The third-order valence-corrected chi connectivity index (χ3v) is 3.57. The van der Waals surface area contributed by atoms with E-state index < -0.39 is 11.6 Å². The van der Waals surface area contributed by atoms with E-state index in [-0.39, 0.29) is 5.82 Å². The highest BCUT2D eigenvalue weighted by Crippen LogP contribution is 2.43. The topological polar surface area (TPSA) is 26.3 Å². The van der Waals surface area contributed by atoms with Gasteiger partial charge in [0.1, 0.15) is 11.4 Å². The summed E-state index contributed by atoms with van der Waals surface area (Å²) >= 11 is 0. The van der Waals surface area contributed by atoms with E-state index in [0.29, 0.717) is 18.4 Å². The molecule has 1 aromatic carbocycles. The summed E-state index contributed by atoms with van der Waals surface area (Å²) in [5.41, 5.74) is 1.55. The van der Waals surface area contributed by atoms with Crippen LogP contribution in [0.3, 0.4) is 0 Å². The highest BCUT2D eigenvalue weighted by atomic mass is 19.1. The first-order chi connectivity index (χ1) is 8.48. The van der Waals surface area contributed by atoms with Gasteiger partial charge in [0.2, 0.25) is 0 Å². The van der Waals surface area contributed by atoms with Gasteiger partial charge in [-0.05, 0) is 43.9 Å². The number of carbonyl (C=O) groups excluding carboxylic acids is 1. The summed E-state index contributed by atoms with van der Waals surface area (Å²) < 4.78 is 19.0. The third kappa shape index (κ3) is 2.05. The molecule has 0 saturated carbocycles. The molecular formula is C15H17FO2. The summed E-state index contributed by atoms with van der Waals surface area (Å²) in [4.78, 5) is 11.7. The molecular weight excluding hydrogens is 231 g/mol. The van der Waals surface area contributed by atoms with Crippen molar-refractivity contribution in [1.82, 2.24) is 0 Å². The molecule has 0 heterocycles. The van der Waals surface area contributed by atoms with Crippen LogP contribution >= 0.6 is 0 Å². The number of aryl methyl sites for hydroxylation is 1. The zero-order chi connectivity index (χ0) is 13.3. The summed E-state index contributed by atoms with van der Waals surface area (Å²) in [6.45, 7) is 7.16. The summed E-state index contributed by atoms with van der Waals surface area (Å²) in [7, 11) is 0. The zero-order valence-corrected chi connectivity index (χ0v) is 10.8. The van der Waals surface area contributed by atoms with Gasteiger partial charge in [-0.2, -0.15) is 0 Å². The van der Waals surface area contributed by atoms with Crippen molar-refractivity contribution in [3.8, 4) is 0 Å². The number of esters is 1. The Balaban J connectivity index is 2.39. The Labute approximate surface area is 106 Å². The van der Waals surface area contributed by atoms with Gasteiger partial charge in [-0.3, -0.25) is 0 Å². The second-order valence-corrected chi connectivity index (χ2v) is 4.82. The molecule has 0 aliphatic heterocycles. The van der Waals surface area contributed by atoms with Crippen molar-refractivity contribution in [3.05, 3.63) is 47.3 Å². The van der Waals surface area contributed by atoms with E-state index in [4.69, 9.17) is 4.74 Å². The minimum absolute atomic E-state index is 0.292. The fourth-order valence-electron chi connectivity index (χ4n) is 2.47. The highest BCUT2D eigenvalue weighted by molar-refractivity contribution is 5.87. The number of hydrogen-bond donors (Lipinski definition) is 0. The van der Waals surface area contributed by atoms with Gasteiger partial charge < -0.3 is 4.74 Å². The maximum Gasteiger partial charge on any atom is 0.333 e. The molecule has 0 N–H and O–H groups in total. The second kappa shape index (κ2) is 4.56. The van der Waals surface area contributed by atoms with E-state index in [1.165, 1.54) is 12.1 Å². The molecule has 3 heteroatoms. The van der Waals surface area contributed by atoms with Crippen molar-refractivity contribution in [2.24, 2.45) is 0 Å². The molecule has 0 fully saturated rings. The highest BCUT2D eigenvalue weighted by Gasteiger charge is 2.41. The Kier molecular flexibility index (Phi) is 3.24. The van der Waals surface area contributed by atoms with Gasteiger partial charge in [0, 0.05) is 11.1 Å². The number of hydrogen-bond acceptors (Lipinski definition) is 2. The Hall–Kier alpha value is -1.64. The Bertz CT molecular complexity index is 507. The van der Waals surface area contributed by atoms with Crippen LogP contribution in [0.25, 0.3) is 0 Å². The molecule has 0 saturated heterocycles. The van der Waals surface area contributed by atoms with Crippen LogP contribution in [0.5, 0.6) is 0 Å². The van der Waals surface area contributed by atoms with Crippen molar-refractivity contribution < 1.29 is 13.9 Å². The largest absolute Gasteiger partial charge is 0.451 e. The van der Waals surface area contributed by atoms with Crippen LogP contribution in [-0.4, -0.2) is 5.97 Å². The van der Waals surface area contributed by atoms with Gasteiger partial charge in [-0.25, -0.2) is 9.18 Å². The normalized spacial score (nSPS) is 21.5. The molecule has 1 atom stereocenters. The van der Waals surface area contributed by atoms with Crippen molar-refractivity contribution in [2.75, 3.05) is 0 Å². The van der Waals surface area contributed by atoms with Crippen molar-refractivity contribution in [2.45, 2.75) is 38.7 Å². The van der Waals surface area contributed by atoms with E-state index >= 15 is 0 Å². The van der Waals surface area contributed by atoms with Gasteiger partial charge in [0.15, 0.2) is 0 Å². The van der Waals surface area contributed by atoms with Crippen LogP contribution in [0.4, 0.5) is 4.39 Å². The Morgan fingerprint density at radius 3 is 2.89 bits per heavy atom. The molecule has 0 bridgehead atoms. The summed E-state index contributed by atoms with van der Waals surface area (Å²) in [5.74, 6) is -0.700. The maximum atomic E-state index is 13.4. The first-order valence-corrected chi connectivity index (χ1v) is 6.16. The standard InChI is InChI=1S/C15H17FO2/c1-4-15(18-14(17)10(2)3)8-7-11-5-6-12(16)9-13(11)15/h5-6,9H,2,4,7-8H2,1,3H3. The molecule has 0 aromatic heterocycles. The van der Waals surface area contributed by atoms with Crippen molar-refractivity contribution in [1.29, 1.82) is 0 Å². The van der Waals surface area contributed by atoms with Crippen LogP contribution in [0, 0.1) is 5.82 Å². The third-order valence-electron chi connectivity index (χ3n) is 3.57. The summed E-state index contributed by atoms with van der Waals surface area (Å²) in [5, 5.41) is 0. The lowest BCUT2D eigenvalue weighted by Gasteiger charge is -2.29. The van der Waals surface area contributed by atoms with Crippen LogP contribution in [0.15, 0.2) is 30.4 Å². The number of halogens is 1. The minimum atomic E-state index is -0.687. The molecule has 0 radical (unpaired) electrons. The summed E-state index contributed by atoms with van der Waals surface area (Å²) in [6, 6.07) is 4.71. The van der Waals surface area contributed by atoms with E-state index in [2.05, 4.69) is 6.58 Å². The van der Waals surface area contributed by atoms with Crippen LogP contribution in [0.1, 0.15) is 37.8 Å². The quantitative estimate of drug-likeness (QED) is 0.604. The van der Waals surface area contributed by atoms with Gasteiger partial charge in [-0.1, -0.05) is 19.6 Å². The number of ether oxygens (including phenoxy) is 1. The second-order valence-electron chi connectivity index (χ2n) is 4.82. The Morgan fingerprint density at radius 1 is 1.56 bits per heavy atom. The minimum Gasteiger partial charge on any atom is -0.451 e. The lowest BCUT2D eigenvalue weighted by atomic mass is 9.92. The zero-order valence-electron chi connectivity index (χ0n) is 10.8. The van der Waals surface area contributed by atoms with Gasteiger partial charge in [0.05, 0.1) is 0 Å². The average molecular weight is 248 g/mol. The Morgan fingerprint density at radius 2 is 2.28 bits per heavy atom. The molecule has 1 unspecified atom stereocenters. The first kappa shape index (κ1) is 12.8. The molecule has 0 spiro atoms. The summed E-state index contributed by atoms with van der Waals surface area (Å²) in [6.07, 6.45) is 2.16. The lowest BCUT2D eigenvalue weighted by molar-refractivity contribution is -0.156. The predicted octanol–water partition coefficient (Wildman–Crippen LogP) is 3.50. The maximum absolute atomic E-state index is 13.4. The van der Waals surface area contributed by atoms with E-state index in [9.17, 15) is 9.18 Å². The fraction of sp³-hybridized carbons (Fsp3) is 0.400. The van der Waals surface area contributed by atoms with E-state index in [1.54, 1.807) is 13.0 Å². The van der Waals surface area contributed by atoms with Crippen molar-refractivity contribution >= 4 is 5.97 Å². The smallest absolute Gasteiger partial charge is 0.333 e. The van der Waals surface area contributed by atoms with Crippen LogP contribution in [0.2, 0.25) is 0 Å². The molecule has 18 heavy (non-hydrogen) atoms. The monoisotopic (exact) mass is 248 g/mol. The molecule has 1 aliphatic carbocycles. The number of fused-ring (bicyclic) bond motifs is 1. The van der Waals surface area contributed by atoms with E-state index in [1.807, 2.05) is 6.92 Å². The van der Waals surface area contributed by atoms with Gasteiger partial charge in [-0.15, -0.1) is 0 Å². The lowest BCUT2D eigenvalue weighted by Crippen LogP contribution is -2.29. The predicted molar refractivity (Wildman–Crippen MR) is 67.6 cm³/mol. The first-order valence-electron chi connectivity index (χ1n) is 6.16. The molecule has 0 amide bonds. The van der Waals surface area contributed by atoms with E-state index in [0.717, 1.165) is 17.5 Å². The number of rotatable bonds is 3. The molecule has 1 aromatic rings. The van der Waals surface area contributed by atoms with Crippen LogP contribution in [-0.2, 0) is 21.6 Å². The van der Waals surface area contributed by atoms with Gasteiger partial charge in [0.25, 0.3) is 0 Å². The van der Waals surface area contributed by atoms with Crippen LogP contribution < -0.4 is 0 Å².